The highest BCUT2D eigenvalue weighted by Crippen LogP contribution is 2.18. The van der Waals surface area contributed by atoms with Gasteiger partial charge in [-0.3, -0.25) is 4.79 Å². The van der Waals surface area contributed by atoms with Crippen LogP contribution in [0.1, 0.15) is 36.0 Å². The summed E-state index contributed by atoms with van der Waals surface area (Å²) in [4.78, 5) is 12.1. The van der Waals surface area contributed by atoms with Gasteiger partial charge in [-0.25, -0.2) is 4.63 Å². The molecule has 0 aliphatic heterocycles. The van der Waals surface area contributed by atoms with E-state index < -0.39 is 0 Å². The summed E-state index contributed by atoms with van der Waals surface area (Å²) in [6, 6.07) is 5.66. The molecule has 1 aliphatic carbocycles. The van der Waals surface area contributed by atoms with Crippen LogP contribution in [0.4, 0.5) is 0 Å². The van der Waals surface area contributed by atoms with Crippen LogP contribution in [0, 0.1) is 0 Å². The Morgan fingerprint density at radius 3 is 2.74 bits per heavy atom. The molecule has 6 heteroatoms. The number of nitrogens with two attached hydrogens (primary N) is 1. The van der Waals surface area contributed by atoms with E-state index in [4.69, 9.17) is 5.73 Å². The third-order valence-corrected chi connectivity index (χ3v) is 3.62. The van der Waals surface area contributed by atoms with Gasteiger partial charge in [0.25, 0.3) is 5.91 Å². The monoisotopic (exact) mass is 260 g/mol. The molecule has 0 atom stereocenters. The molecule has 1 saturated carbocycles. The number of carbonyl (C=O) groups is 1. The normalized spacial score (nSPS) is 23.4. The molecule has 1 aromatic carbocycles. The second-order valence-electron chi connectivity index (χ2n) is 5.05. The van der Waals surface area contributed by atoms with Gasteiger partial charge in [-0.1, -0.05) is 0 Å². The molecule has 1 amide bonds. The van der Waals surface area contributed by atoms with E-state index in [1.54, 1.807) is 18.2 Å². The van der Waals surface area contributed by atoms with E-state index in [0.29, 0.717) is 16.6 Å². The number of amides is 1. The Kier molecular flexibility index (Phi) is 3.16. The lowest BCUT2D eigenvalue weighted by Crippen LogP contribution is -2.40. The Labute approximate surface area is 110 Å². The van der Waals surface area contributed by atoms with Crippen molar-refractivity contribution < 1.29 is 9.42 Å². The molecule has 1 fully saturated rings. The Hall–Kier alpha value is -1.95. The molecule has 0 spiro atoms. The molecular formula is C13H16N4O2. The summed E-state index contributed by atoms with van der Waals surface area (Å²) in [5.41, 5.74) is 7.68. The number of nitrogens with one attached hydrogen (secondary N) is 1. The number of aromatic nitrogens is 2. The maximum Gasteiger partial charge on any atom is 0.251 e. The molecule has 6 nitrogen and oxygen atoms in total. The van der Waals surface area contributed by atoms with Crippen molar-refractivity contribution in [2.24, 2.45) is 5.73 Å². The lowest BCUT2D eigenvalue weighted by atomic mass is 9.91. The van der Waals surface area contributed by atoms with Crippen LogP contribution >= 0.6 is 0 Å². The highest BCUT2D eigenvalue weighted by atomic mass is 16.6. The van der Waals surface area contributed by atoms with Gasteiger partial charge in [-0.15, -0.1) is 0 Å². The highest BCUT2D eigenvalue weighted by Gasteiger charge is 2.20. The fourth-order valence-corrected chi connectivity index (χ4v) is 2.46. The fourth-order valence-electron chi connectivity index (χ4n) is 2.46. The molecule has 3 rings (SSSR count). The first-order valence-electron chi connectivity index (χ1n) is 6.51. The largest absolute Gasteiger partial charge is 0.349 e. The zero-order chi connectivity index (χ0) is 13.2. The quantitative estimate of drug-likeness (QED) is 0.846. The molecule has 3 N–H and O–H groups in total. The van der Waals surface area contributed by atoms with Gasteiger partial charge >= 0.3 is 0 Å². The van der Waals surface area contributed by atoms with Crippen molar-refractivity contribution in [1.29, 1.82) is 0 Å². The van der Waals surface area contributed by atoms with E-state index in [0.717, 1.165) is 25.7 Å². The molecule has 2 aromatic rings. The van der Waals surface area contributed by atoms with Crippen molar-refractivity contribution in [3.63, 3.8) is 0 Å². The van der Waals surface area contributed by atoms with Gasteiger partial charge in [0.05, 0.1) is 0 Å². The van der Waals surface area contributed by atoms with Gasteiger partial charge in [0.15, 0.2) is 0 Å². The van der Waals surface area contributed by atoms with Crippen molar-refractivity contribution in [1.82, 2.24) is 15.6 Å². The number of benzene rings is 1. The maximum absolute atomic E-state index is 12.1. The minimum atomic E-state index is -0.0784. The number of carbonyl (C=O) groups excluding carboxylic acids is 1. The third-order valence-electron chi connectivity index (χ3n) is 3.62. The molecule has 0 unspecified atom stereocenters. The van der Waals surface area contributed by atoms with Crippen molar-refractivity contribution in [3.8, 4) is 0 Å². The molecule has 0 bridgehead atoms. The highest BCUT2D eigenvalue weighted by molar-refractivity contribution is 5.97. The first-order valence-corrected chi connectivity index (χ1v) is 6.51. The van der Waals surface area contributed by atoms with Gasteiger partial charge in [0.2, 0.25) is 0 Å². The number of hydrogen-bond acceptors (Lipinski definition) is 5. The summed E-state index contributed by atoms with van der Waals surface area (Å²) >= 11 is 0. The number of nitrogens with zero attached hydrogens (tertiary/aromatic N) is 2. The van der Waals surface area contributed by atoms with Crippen molar-refractivity contribution >= 4 is 16.9 Å². The van der Waals surface area contributed by atoms with E-state index in [2.05, 4.69) is 20.3 Å². The number of hydrogen-bond donors (Lipinski definition) is 2. The first-order chi connectivity index (χ1) is 9.22. The maximum atomic E-state index is 12.1. The molecule has 1 aliphatic rings. The van der Waals surface area contributed by atoms with Gasteiger partial charge in [-0.05, 0) is 54.2 Å². The first kappa shape index (κ1) is 12.1. The van der Waals surface area contributed by atoms with Crippen LogP contribution in [-0.4, -0.2) is 28.3 Å². The Morgan fingerprint density at radius 1 is 1.21 bits per heavy atom. The molecule has 100 valence electrons. The van der Waals surface area contributed by atoms with E-state index >= 15 is 0 Å². The topological polar surface area (TPSA) is 94.0 Å². The van der Waals surface area contributed by atoms with Crippen molar-refractivity contribution in [3.05, 3.63) is 23.8 Å². The average Bonchev–Trinajstić information content (AvgIpc) is 2.88. The second kappa shape index (κ2) is 4.97. The molecule has 0 saturated heterocycles. The smallest absolute Gasteiger partial charge is 0.251 e. The summed E-state index contributed by atoms with van der Waals surface area (Å²) in [6.45, 7) is 0. The van der Waals surface area contributed by atoms with E-state index in [9.17, 15) is 4.79 Å². The molecule has 1 aromatic heterocycles. The number of fused-ring (bicyclic) bond motifs is 1. The lowest BCUT2D eigenvalue weighted by Gasteiger charge is -2.26. The zero-order valence-corrected chi connectivity index (χ0v) is 10.5. The summed E-state index contributed by atoms with van der Waals surface area (Å²) in [7, 11) is 0. The Balaban J connectivity index is 1.69. The van der Waals surface area contributed by atoms with E-state index in [1.165, 1.54) is 0 Å². The van der Waals surface area contributed by atoms with Crippen molar-refractivity contribution in [2.75, 3.05) is 0 Å². The lowest BCUT2D eigenvalue weighted by molar-refractivity contribution is 0.0926. The average molecular weight is 260 g/mol. The summed E-state index contributed by atoms with van der Waals surface area (Å²) in [6.07, 6.45) is 3.83. The summed E-state index contributed by atoms with van der Waals surface area (Å²) in [5, 5.41) is 10.5. The van der Waals surface area contributed by atoms with Crippen LogP contribution < -0.4 is 11.1 Å². The summed E-state index contributed by atoms with van der Waals surface area (Å²) in [5.74, 6) is -0.0784. The SMILES string of the molecule is NC1CCC(NC(=O)c2ccc3nonc3c2)CC1. The molecule has 1 heterocycles. The predicted octanol–water partition coefficient (Wildman–Crippen LogP) is 1.22. The summed E-state index contributed by atoms with van der Waals surface area (Å²) < 4.78 is 4.62. The van der Waals surface area contributed by atoms with Crippen LogP contribution in [0.25, 0.3) is 11.0 Å². The van der Waals surface area contributed by atoms with Gasteiger partial charge in [0, 0.05) is 17.6 Å². The fraction of sp³-hybridized carbons (Fsp3) is 0.462. The van der Waals surface area contributed by atoms with Gasteiger partial charge in [-0.2, -0.15) is 0 Å². The number of rotatable bonds is 2. The van der Waals surface area contributed by atoms with Crippen LogP contribution in [0.2, 0.25) is 0 Å². The van der Waals surface area contributed by atoms with E-state index in [-0.39, 0.29) is 18.0 Å². The molecule has 0 radical (unpaired) electrons. The Morgan fingerprint density at radius 2 is 1.95 bits per heavy atom. The minimum absolute atomic E-state index is 0.0784. The van der Waals surface area contributed by atoms with Gasteiger partial charge < -0.3 is 11.1 Å². The molecular weight excluding hydrogens is 244 g/mol. The van der Waals surface area contributed by atoms with Gasteiger partial charge in [0.1, 0.15) is 11.0 Å². The zero-order valence-electron chi connectivity index (χ0n) is 10.5. The second-order valence-corrected chi connectivity index (χ2v) is 5.05. The van der Waals surface area contributed by atoms with E-state index in [1.807, 2.05) is 0 Å². The molecule has 19 heavy (non-hydrogen) atoms. The minimum Gasteiger partial charge on any atom is -0.349 e. The van der Waals surface area contributed by atoms with Crippen LogP contribution in [0.15, 0.2) is 22.8 Å². The van der Waals surface area contributed by atoms with Crippen molar-refractivity contribution in [2.45, 2.75) is 37.8 Å². The van der Waals surface area contributed by atoms with Crippen LogP contribution in [-0.2, 0) is 0 Å². The predicted molar refractivity (Wildman–Crippen MR) is 69.5 cm³/mol. The van der Waals surface area contributed by atoms with Crippen LogP contribution in [0.3, 0.4) is 0 Å². The Bertz CT molecular complexity index is 587. The third kappa shape index (κ3) is 2.58. The standard InChI is InChI=1S/C13H16N4O2/c14-9-2-4-10(5-3-9)15-13(18)8-1-6-11-12(7-8)17-19-16-11/h1,6-7,9-10H,2-5,14H2,(H,15,18). The van der Waals surface area contributed by atoms with Crippen LogP contribution in [0.5, 0.6) is 0 Å².